The van der Waals surface area contributed by atoms with E-state index in [1.54, 1.807) is 0 Å². The molecule has 0 aromatic rings. The molecule has 1 atom stereocenters. The molecule has 0 radical (unpaired) electrons. The maximum Gasteiger partial charge on any atom is 0.0787 e. The fraction of sp³-hybridized carbons (Fsp3) is 1.00. The summed E-state index contributed by atoms with van der Waals surface area (Å²) < 4.78 is 0. The van der Waals surface area contributed by atoms with Gasteiger partial charge in [-0.2, -0.15) is 5.48 Å². The van der Waals surface area contributed by atoms with Gasteiger partial charge in [-0.15, -0.1) is 0 Å². The second kappa shape index (κ2) is 8.93. The molecule has 0 aliphatic carbocycles. The second-order valence-corrected chi connectivity index (χ2v) is 2.80. The first kappa shape index (κ1) is 11.8. The van der Waals surface area contributed by atoms with Crippen LogP contribution < -0.4 is 16.9 Å². The van der Waals surface area contributed by atoms with Gasteiger partial charge in [-0.1, -0.05) is 12.8 Å². The normalized spacial score (nSPS) is 13.2. The van der Waals surface area contributed by atoms with Gasteiger partial charge in [0.1, 0.15) is 0 Å². The summed E-state index contributed by atoms with van der Waals surface area (Å²) in [6.45, 7) is 3.35. The Labute approximate surface area is 74.6 Å². The lowest BCUT2D eigenvalue weighted by Gasteiger charge is -2.12. The molecule has 0 aliphatic heterocycles. The summed E-state index contributed by atoms with van der Waals surface area (Å²) >= 11 is 0. The molecule has 0 saturated heterocycles. The van der Waals surface area contributed by atoms with E-state index in [1.807, 2.05) is 6.92 Å². The predicted octanol–water partition coefficient (Wildman–Crippen LogP) is 0.331. The topological polar surface area (TPSA) is 73.3 Å². The van der Waals surface area contributed by atoms with E-state index in [0.29, 0.717) is 6.61 Å². The molecule has 0 heterocycles. The van der Waals surface area contributed by atoms with Crippen molar-refractivity contribution in [1.29, 1.82) is 0 Å². The zero-order valence-electron chi connectivity index (χ0n) is 7.88. The van der Waals surface area contributed by atoms with E-state index in [1.165, 1.54) is 0 Å². The molecule has 0 saturated carbocycles. The first-order valence-corrected chi connectivity index (χ1v) is 4.64. The molecule has 12 heavy (non-hydrogen) atoms. The van der Waals surface area contributed by atoms with Crippen molar-refractivity contribution in [3.8, 4) is 0 Å². The molecule has 4 nitrogen and oxygen atoms in total. The maximum absolute atomic E-state index is 5.67. The van der Waals surface area contributed by atoms with Gasteiger partial charge in [0.25, 0.3) is 0 Å². The van der Waals surface area contributed by atoms with Crippen molar-refractivity contribution in [2.75, 3.05) is 13.2 Å². The molecule has 5 N–H and O–H groups in total. The Balaban J connectivity index is 3.02. The molecular weight excluding hydrogens is 154 g/mol. The molecule has 0 bridgehead atoms. The minimum absolute atomic E-state index is 0.0391. The third-order valence-electron chi connectivity index (χ3n) is 1.60. The first-order chi connectivity index (χ1) is 5.81. The van der Waals surface area contributed by atoms with Gasteiger partial charge in [-0.3, -0.25) is 0 Å². The van der Waals surface area contributed by atoms with Crippen molar-refractivity contribution < 1.29 is 4.84 Å². The highest BCUT2D eigenvalue weighted by atomic mass is 16.6. The minimum Gasteiger partial charge on any atom is -0.330 e. The Morgan fingerprint density at radius 1 is 1.33 bits per heavy atom. The average Bonchev–Trinajstić information content (AvgIpc) is 2.09. The lowest BCUT2D eigenvalue weighted by molar-refractivity contribution is 0.0233. The lowest BCUT2D eigenvalue weighted by atomic mass is 10.2. The van der Waals surface area contributed by atoms with E-state index >= 15 is 0 Å². The number of nitrogens with one attached hydrogen (secondary N) is 1. The standard InChI is InChI=1S/C8H21N3O/c1-2-12-11-8(10)6-4-3-5-7-9/h8,11H,2-7,9-10H2,1H3. The van der Waals surface area contributed by atoms with Gasteiger partial charge in [-0.25, -0.2) is 0 Å². The molecular formula is C8H21N3O. The van der Waals surface area contributed by atoms with E-state index in [4.69, 9.17) is 16.3 Å². The van der Waals surface area contributed by atoms with Gasteiger partial charge in [0.05, 0.1) is 12.8 Å². The molecule has 0 spiro atoms. The molecule has 0 rings (SSSR count). The zero-order chi connectivity index (χ0) is 9.23. The van der Waals surface area contributed by atoms with Crippen molar-refractivity contribution in [3.05, 3.63) is 0 Å². The highest BCUT2D eigenvalue weighted by Crippen LogP contribution is 1.99. The average molecular weight is 175 g/mol. The van der Waals surface area contributed by atoms with Crippen LogP contribution >= 0.6 is 0 Å². The fourth-order valence-electron chi connectivity index (χ4n) is 0.935. The summed E-state index contributed by atoms with van der Waals surface area (Å²) in [5.41, 5.74) is 13.8. The van der Waals surface area contributed by atoms with Crippen LogP contribution in [0, 0.1) is 0 Å². The third-order valence-corrected chi connectivity index (χ3v) is 1.60. The van der Waals surface area contributed by atoms with Crippen molar-refractivity contribution in [2.45, 2.75) is 38.8 Å². The van der Waals surface area contributed by atoms with E-state index < -0.39 is 0 Å². The van der Waals surface area contributed by atoms with Crippen molar-refractivity contribution >= 4 is 0 Å². The lowest BCUT2D eigenvalue weighted by Crippen LogP contribution is -2.37. The maximum atomic E-state index is 5.67. The van der Waals surface area contributed by atoms with Gasteiger partial charge in [0, 0.05) is 0 Å². The Kier molecular flexibility index (Phi) is 8.81. The summed E-state index contributed by atoms with van der Waals surface area (Å²) in [6.07, 6.45) is 4.25. The molecule has 0 aromatic heterocycles. The Morgan fingerprint density at radius 2 is 2.08 bits per heavy atom. The van der Waals surface area contributed by atoms with Crippen LogP contribution in [-0.2, 0) is 4.84 Å². The van der Waals surface area contributed by atoms with Crippen LogP contribution in [-0.4, -0.2) is 19.3 Å². The summed E-state index contributed by atoms with van der Waals surface area (Å²) in [6, 6.07) is 0. The number of hydrogen-bond acceptors (Lipinski definition) is 4. The predicted molar refractivity (Wildman–Crippen MR) is 50.3 cm³/mol. The monoisotopic (exact) mass is 175 g/mol. The van der Waals surface area contributed by atoms with Crippen LogP contribution in [0.5, 0.6) is 0 Å². The van der Waals surface area contributed by atoms with E-state index in [2.05, 4.69) is 5.48 Å². The van der Waals surface area contributed by atoms with E-state index in [0.717, 1.165) is 32.2 Å². The molecule has 1 unspecified atom stereocenters. The number of hydrogen-bond donors (Lipinski definition) is 3. The van der Waals surface area contributed by atoms with Gasteiger partial charge < -0.3 is 16.3 Å². The van der Waals surface area contributed by atoms with Crippen LogP contribution in [0.4, 0.5) is 0 Å². The fourth-order valence-corrected chi connectivity index (χ4v) is 0.935. The van der Waals surface area contributed by atoms with Gasteiger partial charge in [-0.05, 0) is 26.3 Å². The Morgan fingerprint density at radius 3 is 2.67 bits per heavy atom. The van der Waals surface area contributed by atoms with E-state index in [-0.39, 0.29) is 6.17 Å². The minimum atomic E-state index is -0.0391. The van der Waals surface area contributed by atoms with Gasteiger partial charge in [0.15, 0.2) is 0 Å². The molecule has 0 aromatic carbocycles. The van der Waals surface area contributed by atoms with Crippen LogP contribution in [0.25, 0.3) is 0 Å². The van der Waals surface area contributed by atoms with Crippen molar-refractivity contribution in [2.24, 2.45) is 11.5 Å². The smallest absolute Gasteiger partial charge is 0.0787 e. The SMILES string of the molecule is CCONC(N)CCCCCN. The van der Waals surface area contributed by atoms with Crippen molar-refractivity contribution in [3.63, 3.8) is 0 Å². The van der Waals surface area contributed by atoms with Gasteiger partial charge in [0.2, 0.25) is 0 Å². The van der Waals surface area contributed by atoms with Crippen LogP contribution in [0.15, 0.2) is 0 Å². The van der Waals surface area contributed by atoms with Crippen LogP contribution in [0.2, 0.25) is 0 Å². The number of rotatable bonds is 8. The highest BCUT2D eigenvalue weighted by molar-refractivity contribution is 4.53. The molecule has 0 amide bonds. The van der Waals surface area contributed by atoms with Gasteiger partial charge >= 0.3 is 0 Å². The number of unbranched alkanes of at least 4 members (excludes halogenated alkanes) is 2. The second-order valence-electron chi connectivity index (χ2n) is 2.80. The quantitative estimate of drug-likeness (QED) is 0.282. The zero-order valence-corrected chi connectivity index (χ0v) is 7.88. The number of hydroxylamine groups is 1. The van der Waals surface area contributed by atoms with Crippen LogP contribution in [0.1, 0.15) is 32.6 Å². The first-order valence-electron chi connectivity index (χ1n) is 4.64. The highest BCUT2D eigenvalue weighted by Gasteiger charge is 1.99. The summed E-state index contributed by atoms with van der Waals surface area (Å²) in [4.78, 5) is 4.95. The summed E-state index contributed by atoms with van der Waals surface area (Å²) in [5, 5.41) is 0. The Bertz CT molecular complexity index is 90.4. The molecule has 74 valence electrons. The van der Waals surface area contributed by atoms with Crippen molar-refractivity contribution in [1.82, 2.24) is 5.48 Å². The molecule has 0 fully saturated rings. The third kappa shape index (κ3) is 7.94. The van der Waals surface area contributed by atoms with E-state index in [9.17, 15) is 0 Å². The molecule has 0 aliphatic rings. The number of nitrogens with two attached hydrogens (primary N) is 2. The van der Waals surface area contributed by atoms with Crippen LogP contribution in [0.3, 0.4) is 0 Å². The summed E-state index contributed by atoms with van der Waals surface area (Å²) in [5.74, 6) is 0. The Hall–Kier alpha value is -0.160. The summed E-state index contributed by atoms with van der Waals surface area (Å²) in [7, 11) is 0. The largest absolute Gasteiger partial charge is 0.330 e. The molecule has 4 heteroatoms.